The standard InChI is InChI=1S/C14H29N/c1-4-5-6-7-8-13(3)15-11-12(2)14-9-10-14/h12-15H,4-11H2,1-3H3. The van der Waals surface area contributed by atoms with Crippen LogP contribution in [0.15, 0.2) is 0 Å². The smallest absolute Gasteiger partial charge is 0.00388 e. The lowest BCUT2D eigenvalue weighted by molar-refractivity contribution is 0.407. The monoisotopic (exact) mass is 211 g/mol. The highest BCUT2D eigenvalue weighted by molar-refractivity contribution is 4.80. The molecule has 0 aromatic heterocycles. The van der Waals surface area contributed by atoms with Gasteiger partial charge in [0.2, 0.25) is 0 Å². The molecule has 1 heteroatoms. The average molecular weight is 211 g/mol. The Morgan fingerprint density at radius 3 is 2.47 bits per heavy atom. The van der Waals surface area contributed by atoms with E-state index in [9.17, 15) is 0 Å². The predicted octanol–water partition coefficient (Wildman–Crippen LogP) is 3.98. The Morgan fingerprint density at radius 1 is 1.13 bits per heavy atom. The first-order valence-corrected chi connectivity index (χ1v) is 6.97. The number of hydrogen-bond acceptors (Lipinski definition) is 1. The highest BCUT2D eigenvalue weighted by atomic mass is 14.9. The topological polar surface area (TPSA) is 12.0 Å². The second-order valence-corrected chi connectivity index (χ2v) is 5.47. The van der Waals surface area contributed by atoms with Gasteiger partial charge in [0.05, 0.1) is 0 Å². The summed E-state index contributed by atoms with van der Waals surface area (Å²) in [5, 5.41) is 3.68. The fourth-order valence-corrected chi connectivity index (χ4v) is 2.20. The van der Waals surface area contributed by atoms with Crippen LogP contribution in [0.3, 0.4) is 0 Å². The highest BCUT2D eigenvalue weighted by Gasteiger charge is 2.27. The summed E-state index contributed by atoms with van der Waals surface area (Å²) in [5.41, 5.74) is 0. The molecular weight excluding hydrogens is 182 g/mol. The van der Waals surface area contributed by atoms with Crippen molar-refractivity contribution in [2.24, 2.45) is 11.8 Å². The van der Waals surface area contributed by atoms with Gasteiger partial charge in [-0.2, -0.15) is 0 Å². The van der Waals surface area contributed by atoms with E-state index >= 15 is 0 Å². The Morgan fingerprint density at radius 2 is 1.87 bits per heavy atom. The molecule has 0 bridgehead atoms. The van der Waals surface area contributed by atoms with E-state index < -0.39 is 0 Å². The zero-order valence-electron chi connectivity index (χ0n) is 10.9. The van der Waals surface area contributed by atoms with Gasteiger partial charge in [0.15, 0.2) is 0 Å². The summed E-state index contributed by atoms with van der Waals surface area (Å²) in [6.45, 7) is 8.25. The molecule has 0 aromatic carbocycles. The largest absolute Gasteiger partial charge is 0.314 e. The molecule has 1 aliphatic carbocycles. The van der Waals surface area contributed by atoms with Crippen LogP contribution in [0.2, 0.25) is 0 Å². The fraction of sp³-hybridized carbons (Fsp3) is 1.00. The van der Waals surface area contributed by atoms with E-state index in [0.717, 1.165) is 17.9 Å². The Bertz CT molecular complexity index is 151. The normalized spacial score (nSPS) is 20.2. The van der Waals surface area contributed by atoms with Crippen molar-refractivity contribution in [2.75, 3.05) is 6.54 Å². The maximum atomic E-state index is 3.68. The fourth-order valence-electron chi connectivity index (χ4n) is 2.20. The first-order valence-electron chi connectivity index (χ1n) is 6.97. The molecule has 1 fully saturated rings. The molecule has 90 valence electrons. The van der Waals surface area contributed by atoms with Crippen LogP contribution in [-0.2, 0) is 0 Å². The van der Waals surface area contributed by atoms with Crippen molar-refractivity contribution in [3.63, 3.8) is 0 Å². The van der Waals surface area contributed by atoms with E-state index in [1.54, 1.807) is 0 Å². The van der Waals surface area contributed by atoms with Gasteiger partial charge in [-0.3, -0.25) is 0 Å². The Labute approximate surface area is 96.0 Å². The van der Waals surface area contributed by atoms with Gasteiger partial charge >= 0.3 is 0 Å². The summed E-state index contributed by atoms with van der Waals surface area (Å²) >= 11 is 0. The molecule has 0 amide bonds. The number of unbranched alkanes of at least 4 members (excludes halogenated alkanes) is 3. The molecule has 2 unspecified atom stereocenters. The molecule has 1 nitrogen and oxygen atoms in total. The lowest BCUT2D eigenvalue weighted by atomic mass is 10.0. The van der Waals surface area contributed by atoms with Crippen molar-refractivity contribution in [3.8, 4) is 0 Å². The van der Waals surface area contributed by atoms with Gasteiger partial charge in [0, 0.05) is 6.04 Å². The van der Waals surface area contributed by atoms with Crippen molar-refractivity contribution >= 4 is 0 Å². The average Bonchev–Trinajstić information content (AvgIpc) is 3.04. The molecule has 0 saturated heterocycles. The molecule has 15 heavy (non-hydrogen) atoms. The molecule has 0 spiro atoms. The molecular formula is C14H29N. The van der Waals surface area contributed by atoms with Crippen LogP contribution < -0.4 is 5.32 Å². The Hall–Kier alpha value is -0.0400. The Balaban J connectivity index is 1.90. The third kappa shape index (κ3) is 6.19. The zero-order valence-corrected chi connectivity index (χ0v) is 10.9. The van der Waals surface area contributed by atoms with Crippen LogP contribution in [-0.4, -0.2) is 12.6 Å². The molecule has 0 aromatic rings. The number of rotatable bonds is 9. The number of nitrogens with one attached hydrogen (secondary N) is 1. The van der Waals surface area contributed by atoms with E-state index in [1.165, 1.54) is 51.5 Å². The van der Waals surface area contributed by atoms with Crippen LogP contribution in [0.25, 0.3) is 0 Å². The van der Waals surface area contributed by atoms with Gasteiger partial charge < -0.3 is 5.32 Å². The van der Waals surface area contributed by atoms with Crippen LogP contribution in [0.5, 0.6) is 0 Å². The van der Waals surface area contributed by atoms with Gasteiger partial charge in [-0.15, -0.1) is 0 Å². The van der Waals surface area contributed by atoms with Crippen molar-refractivity contribution in [2.45, 2.75) is 71.8 Å². The molecule has 2 atom stereocenters. The number of hydrogen-bond donors (Lipinski definition) is 1. The lowest BCUT2D eigenvalue weighted by Gasteiger charge is -2.17. The third-order valence-corrected chi connectivity index (χ3v) is 3.71. The Kier molecular flexibility index (Phi) is 6.31. The predicted molar refractivity (Wildman–Crippen MR) is 68.1 cm³/mol. The maximum Gasteiger partial charge on any atom is 0.00388 e. The maximum absolute atomic E-state index is 3.68. The van der Waals surface area contributed by atoms with Gasteiger partial charge in [0.1, 0.15) is 0 Å². The molecule has 1 N–H and O–H groups in total. The van der Waals surface area contributed by atoms with Crippen molar-refractivity contribution in [3.05, 3.63) is 0 Å². The first-order chi connectivity index (χ1) is 7.24. The second-order valence-electron chi connectivity index (χ2n) is 5.47. The van der Waals surface area contributed by atoms with Crippen molar-refractivity contribution < 1.29 is 0 Å². The van der Waals surface area contributed by atoms with Gasteiger partial charge in [-0.1, -0.05) is 39.5 Å². The summed E-state index contributed by atoms with van der Waals surface area (Å²) in [4.78, 5) is 0. The quantitative estimate of drug-likeness (QED) is 0.569. The van der Waals surface area contributed by atoms with Crippen molar-refractivity contribution in [1.29, 1.82) is 0 Å². The zero-order chi connectivity index (χ0) is 11.1. The van der Waals surface area contributed by atoms with E-state index in [2.05, 4.69) is 26.1 Å². The molecule has 0 aliphatic heterocycles. The minimum absolute atomic E-state index is 0.725. The van der Waals surface area contributed by atoms with E-state index in [0.29, 0.717) is 0 Å². The molecule has 0 heterocycles. The SMILES string of the molecule is CCCCCCC(C)NCC(C)C1CC1. The van der Waals surface area contributed by atoms with Crippen molar-refractivity contribution in [1.82, 2.24) is 5.32 Å². The van der Waals surface area contributed by atoms with Crippen LogP contribution in [0.1, 0.15) is 65.7 Å². The van der Waals surface area contributed by atoms with Crippen LogP contribution in [0, 0.1) is 11.8 Å². The minimum atomic E-state index is 0.725. The molecule has 1 rings (SSSR count). The highest BCUT2D eigenvalue weighted by Crippen LogP contribution is 2.36. The van der Waals surface area contributed by atoms with E-state index in [-0.39, 0.29) is 0 Å². The summed E-state index contributed by atoms with van der Waals surface area (Å²) in [6, 6.07) is 0.725. The lowest BCUT2D eigenvalue weighted by Crippen LogP contribution is -2.30. The summed E-state index contributed by atoms with van der Waals surface area (Å²) in [5.74, 6) is 1.95. The second kappa shape index (κ2) is 7.27. The van der Waals surface area contributed by atoms with Crippen LogP contribution in [0.4, 0.5) is 0 Å². The van der Waals surface area contributed by atoms with Crippen LogP contribution >= 0.6 is 0 Å². The first kappa shape index (κ1) is 13.0. The minimum Gasteiger partial charge on any atom is -0.314 e. The van der Waals surface area contributed by atoms with E-state index in [4.69, 9.17) is 0 Å². The molecule has 1 aliphatic rings. The third-order valence-electron chi connectivity index (χ3n) is 3.71. The summed E-state index contributed by atoms with van der Waals surface area (Å²) in [7, 11) is 0. The van der Waals surface area contributed by atoms with Gasteiger partial charge in [-0.05, 0) is 44.6 Å². The summed E-state index contributed by atoms with van der Waals surface area (Å²) in [6.07, 6.45) is 9.89. The van der Waals surface area contributed by atoms with Gasteiger partial charge in [0.25, 0.3) is 0 Å². The summed E-state index contributed by atoms with van der Waals surface area (Å²) < 4.78 is 0. The van der Waals surface area contributed by atoms with Gasteiger partial charge in [-0.25, -0.2) is 0 Å². The van der Waals surface area contributed by atoms with E-state index in [1.807, 2.05) is 0 Å². The molecule has 1 saturated carbocycles. The molecule has 0 radical (unpaired) electrons.